The van der Waals surface area contributed by atoms with Crippen LogP contribution in [0.3, 0.4) is 0 Å². The second-order valence-corrected chi connectivity index (χ2v) is 13.0. The fourth-order valence-corrected chi connectivity index (χ4v) is 6.10. The van der Waals surface area contributed by atoms with Gasteiger partial charge in [-0.2, -0.15) is 0 Å². The maximum absolute atomic E-state index is 14.0. The third-order valence-corrected chi connectivity index (χ3v) is 9.00. The smallest absolute Gasteiger partial charge is 0.264 e. The normalized spacial score (nSPS) is 12.2. The highest BCUT2D eigenvalue weighted by Gasteiger charge is 2.33. The van der Waals surface area contributed by atoms with E-state index in [0.717, 1.165) is 9.87 Å². The Morgan fingerprint density at radius 1 is 0.875 bits per heavy atom. The molecule has 40 heavy (non-hydrogen) atoms. The molecule has 0 aliphatic carbocycles. The first-order valence-electron chi connectivity index (χ1n) is 12.6. The monoisotopic (exact) mass is 623 g/mol. The Kier molecular flexibility index (Phi) is 10.5. The summed E-state index contributed by atoms with van der Waals surface area (Å²) in [7, 11) is -4.18. The van der Waals surface area contributed by atoms with E-state index in [-0.39, 0.29) is 23.4 Å². The first kappa shape index (κ1) is 31.7. The zero-order chi connectivity index (χ0) is 29.8. The number of aryl methyl sites for hydroxylation is 2. The van der Waals surface area contributed by atoms with E-state index in [2.05, 4.69) is 5.32 Å². The van der Waals surface area contributed by atoms with Gasteiger partial charge in [-0.15, -0.1) is 0 Å². The predicted molar refractivity (Wildman–Crippen MR) is 162 cm³/mol. The summed E-state index contributed by atoms with van der Waals surface area (Å²) in [4.78, 5) is 28.4. The lowest BCUT2D eigenvalue weighted by Crippen LogP contribution is -2.52. The predicted octanol–water partition coefficient (Wildman–Crippen LogP) is 6.40. The number of rotatable bonds is 10. The fourth-order valence-electron chi connectivity index (χ4n) is 4.07. The van der Waals surface area contributed by atoms with Gasteiger partial charge in [0.05, 0.1) is 20.6 Å². The Balaban J connectivity index is 2.08. The maximum atomic E-state index is 14.0. The molecule has 7 nitrogen and oxygen atoms in total. The van der Waals surface area contributed by atoms with Gasteiger partial charge < -0.3 is 10.2 Å². The number of amides is 2. The maximum Gasteiger partial charge on any atom is 0.264 e. The van der Waals surface area contributed by atoms with E-state index in [1.807, 2.05) is 20.8 Å². The second-order valence-electron chi connectivity index (χ2n) is 9.86. The molecule has 0 bridgehead atoms. The molecule has 214 valence electrons. The molecule has 0 saturated heterocycles. The molecule has 0 aliphatic rings. The molecule has 11 heteroatoms. The van der Waals surface area contributed by atoms with Crippen molar-refractivity contribution in [3.05, 3.63) is 92.4 Å². The highest BCUT2D eigenvalue weighted by atomic mass is 35.5. The molecule has 3 rings (SSSR count). The first-order chi connectivity index (χ1) is 18.7. The molecule has 3 aromatic rings. The topological polar surface area (TPSA) is 86.8 Å². The highest BCUT2D eigenvalue weighted by Crippen LogP contribution is 2.30. The number of hydrogen-bond acceptors (Lipinski definition) is 4. The minimum atomic E-state index is -4.18. The third kappa shape index (κ3) is 7.69. The number of carbonyl (C=O) groups is 2. The van der Waals surface area contributed by atoms with E-state index >= 15 is 0 Å². The van der Waals surface area contributed by atoms with Crippen LogP contribution in [0.2, 0.25) is 15.1 Å². The SMILES string of the molecule is Cc1ccc(S(=O)(=O)N(CC(=O)N(Cc2ccc(Cl)c(Cl)c2)C(C)C(=O)NC(C)C)c2ccc(Cl)cc2C)cc1. The van der Waals surface area contributed by atoms with Crippen LogP contribution in [-0.2, 0) is 26.2 Å². The van der Waals surface area contributed by atoms with Gasteiger partial charge in [-0.1, -0.05) is 58.6 Å². The lowest BCUT2D eigenvalue weighted by atomic mass is 10.1. The molecule has 0 radical (unpaired) electrons. The average molecular weight is 625 g/mol. The third-order valence-electron chi connectivity index (χ3n) is 6.25. The van der Waals surface area contributed by atoms with Crippen LogP contribution in [0.15, 0.2) is 65.6 Å². The zero-order valence-electron chi connectivity index (χ0n) is 22.9. The molecular formula is C29H32Cl3N3O4S. The van der Waals surface area contributed by atoms with Crippen molar-refractivity contribution < 1.29 is 18.0 Å². The van der Waals surface area contributed by atoms with E-state index in [1.54, 1.807) is 62.4 Å². The van der Waals surface area contributed by atoms with Crippen molar-refractivity contribution in [2.45, 2.75) is 58.1 Å². The number of sulfonamides is 1. The molecule has 0 aromatic heterocycles. The Hall–Kier alpha value is -2.78. The van der Waals surface area contributed by atoms with Gasteiger partial charge in [-0.3, -0.25) is 13.9 Å². The minimum absolute atomic E-state index is 0.000420. The molecule has 0 spiro atoms. The first-order valence-corrected chi connectivity index (χ1v) is 15.2. The molecule has 0 aliphatic heterocycles. The molecule has 1 N–H and O–H groups in total. The van der Waals surface area contributed by atoms with Crippen molar-refractivity contribution in [1.82, 2.24) is 10.2 Å². The van der Waals surface area contributed by atoms with Gasteiger partial charge in [0.15, 0.2) is 0 Å². The average Bonchev–Trinajstić information content (AvgIpc) is 2.87. The largest absolute Gasteiger partial charge is 0.352 e. The highest BCUT2D eigenvalue weighted by molar-refractivity contribution is 7.92. The Labute approximate surface area is 251 Å². The summed E-state index contributed by atoms with van der Waals surface area (Å²) in [5.41, 5.74) is 2.38. The van der Waals surface area contributed by atoms with Crippen LogP contribution in [0.1, 0.15) is 37.5 Å². The Bertz CT molecular complexity index is 1490. The number of nitrogens with one attached hydrogen (secondary N) is 1. The molecular weight excluding hydrogens is 593 g/mol. The minimum Gasteiger partial charge on any atom is -0.352 e. The number of benzene rings is 3. The summed E-state index contributed by atoms with van der Waals surface area (Å²) in [5, 5.41) is 3.90. The summed E-state index contributed by atoms with van der Waals surface area (Å²) >= 11 is 18.4. The summed E-state index contributed by atoms with van der Waals surface area (Å²) in [5.74, 6) is -0.957. The van der Waals surface area contributed by atoms with Crippen molar-refractivity contribution in [1.29, 1.82) is 0 Å². The van der Waals surface area contributed by atoms with Gasteiger partial charge in [-0.25, -0.2) is 8.42 Å². The zero-order valence-corrected chi connectivity index (χ0v) is 26.0. The molecule has 2 amide bonds. The van der Waals surface area contributed by atoms with Crippen LogP contribution < -0.4 is 9.62 Å². The fraction of sp³-hybridized carbons (Fsp3) is 0.310. The lowest BCUT2D eigenvalue weighted by molar-refractivity contribution is -0.139. The molecule has 0 heterocycles. The van der Waals surface area contributed by atoms with Gasteiger partial charge in [-0.05, 0) is 88.2 Å². The van der Waals surface area contributed by atoms with Crippen LogP contribution in [-0.4, -0.2) is 43.8 Å². The molecule has 1 unspecified atom stereocenters. The van der Waals surface area contributed by atoms with Crippen molar-refractivity contribution in [2.24, 2.45) is 0 Å². The van der Waals surface area contributed by atoms with E-state index < -0.39 is 28.5 Å². The molecule has 3 aromatic carbocycles. The number of anilines is 1. The number of nitrogens with zero attached hydrogens (tertiary/aromatic N) is 2. The quantitative estimate of drug-likeness (QED) is 0.283. The van der Waals surface area contributed by atoms with Gasteiger partial charge in [0.1, 0.15) is 12.6 Å². The summed E-state index contributed by atoms with van der Waals surface area (Å²) in [6.45, 7) is 8.24. The van der Waals surface area contributed by atoms with Crippen LogP contribution in [0.4, 0.5) is 5.69 Å². The molecule has 0 fully saturated rings. The second kappa shape index (κ2) is 13.3. The van der Waals surface area contributed by atoms with E-state index in [4.69, 9.17) is 34.8 Å². The summed E-state index contributed by atoms with van der Waals surface area (Å²) in [6, 6.07) is 15.0. The van der Waals surface area contributed by atoms with Crippen LogP contribution in [0.5, 0.6) is 0 Å². The van der Waals surface area contributed by atoms with Crippen LogP contribution in [0.25, 0.3) is 0 Å². The van der Waals surface area contributed by atoms with E-state index in [9.17, 15) is 18.0 Å². The van der Waals surface area contributed by atoms with Crippen molar-refractivity contribution in [3.63, 3.8) is 0 Å². The standard InChI is InChI=1S/C29H32Cl3N3O4S/c1-18(2)33-29(37)21(5)34(16-22-8-12-25(31)26(32)15-22)28(36)17-35(27-13-9-23(30)14-20(27)4)40(38,39)24-10-6-19(3)7-11-24/h6-15,18,21H,16-17H2,1-5H3,(H,33,37). The Morgan fingerprint density at radius 2 is 1.52 bits per heavy atom. The van der Waals surface area contributed by atoms with E-state index in [1.165, 1.54) is 17.0 Å². The number of carbonyl (C=O) groups excluding carboxylic acids is 2. The van der Waals surface area contributed by atoms with Crippen LogP contribution >= 0.6 is 34.8 Å². The van der Waals surface area contributed by atoms with Crippen molar-refractivity contribution >= 4 is 62.3 Å². The Morgan fingerprint density at radius 3 is 2.10 bits per heavy atom. The lowest BCUT2D eigenvalue weighted by Gasteiger charge is -2.32. The van der Waals surface area contributed by atoms with Crippen molar-refractivity contribution in [3.8, 4) is 0 Å². The van der Waals surface area contributed by atoms with Gasteiger partial charge in [0, 0.05) is 17.6 Å². The van der Waals surface area contributed by atoms with Gasteiger partial charge in [0.2, 0.25) is 11.8 Å². The van der Waals surface area contributed by atoms with Crippen LogP contribution in [0, 0.1) is 13.8 Å². The summed E-state index contributed by atoms with van der Waals surface area (Å²) in [6.07, 6.45) is 0. The van der Waals surface area contributed by atoms with Crippen molar-refractivity contribution in [2.75, 3.05) is 10.8 Å². The van der Waals surface area contributed by atoms with Gasteiger partial charge >= 0.3 is 0 Å². The molecule has 1 atom stereocenters. The number of halogens is 3. The van der Waals surface area contributed by atoms with Gasteiger partial charge in [0.25, 0.3) is 10.0 Å². The molecule has 0 saturated carbocycles. The summed E-state index contributed by atoms with van der Waals surface area (Å²) < 4.78 is 28.9. The number of hydrogen-bond donors (Lipinski definition) is 1. The van der Waals surface area contributed by atoms with E-state index in [0.29, 0.717) is 31.9 Å².